The van der Waals surface area contributed by atoms with E-state index in [0.29, 0.717) is 25.8 Å². The van der Waals surface area contributed by atoms with Crippen molar-refractivity contribution in [3.05, 3.63) is 0 Å². The molecule has 6 heteroatoms. The van der Waals surface area contributed by atoms with E-state index in [1.807, 2.05) is 13.8 Å². The van der Waals surface area contributed by atoms with Crippen LogP contribution in [0.4, 0.5) is 0 Å². The zero-order valence-electron chi connectivity index (χ0n) is 14.3. The topological polar surface area (TPSA) is 99.0 Å². The molecule has 22 heavy (non-hydrogen) atoms. The standard InChI is InChI=1S/C16H33NO5/c1-5-13(18)9-7-8-11(3)16(21)22-10-14(19)15(20)12(4)17-6-2/h11-15,17-20H,5-10H2,1-4H3/t11-,12?,13-,14-,15-/m1/s1. The number of ether oxygens (including phenoxy) is 1. The van der Waals surface area contributed by atoms with Crippen LogP contribution in [0, 0.1) is 5.92 Å². The van der Waals surface area contributed by atoms with Gasteiger partial charge < -0.3 is 25.4 Å². The molecular weight excluding hydrogens is 286 g/mol. The average Bonchev–Trinajstić information content (AvgIpc) is 2.51. The first-order valence-corrected chi connectivity index (χ1v) is 8.27. The Bertz CT molecular complexity index is 300. The van der Waals surface area contributed by atoms with Gasteiger partial charge in [0.15, 0.2) is 0 Å². The van der Waals surface area contributed by atoms with Crippen molar-refractivity contribution in [2.24, 2.45) is 5.92 Å². The number of esters is 1. The fourth-order valence-corrected chi connectivity index (χ4v) is 2.17. The zero-order chi connectivity index (χ0) is 17.1. The summed E-state index contributed by atoms with van der Waals surface area (Å²) < 4.78 is 5.06. The normalized spacial score (nSPS) is 18.3. The number of carbonyl (C=O) groups is 1. The molecule has 0 aliphatic carbocycles. The SMILES string of the molecule is CCNC(C)[C@@H](O)[C@H](O)COC(=O)[C@H](C)CCC[C@H](O)CC. The maximum atomic E-state index is 11.8. The third kappa shape index (κ3) is 8.68. The first kappa shape index (κ1) is 21.3. The largest absolute Gasteiger partial charge is 0.463 e. The minimum Gasteiger partial charge on any atom is -0.463 e. The van der Waals surface area contributed by atoms with Crippen molar-refractivity contribution >= 4 is 5.97 Å². The van der Waals surface area contributed by atoms with E-state index in [1.165, 1.54) is 0 Å². The molecule has 4 N–H and O–H groups in total. The van der Waals surface area contributed by atoms with Gasteiger partial charge in [0, 0.05) is 6.04 Å². The molecule has 0 aromatic heterocycles. The predicted molar refractivity (Wildman–Crippen MR) is 85.4 cm³/mol. The Kier molecular flexibility index (Phi) is 11.5. The minimum atomic E-state index is -1.10. The Morgan fingerprint density at radius 1 is 1.14 bits per heavy atom. The van der Waals surface area contributed by atoms with Crippen LogP contribution in [0.3, 0.4) is 0 Å². The second-order valence-corrected chi connectivity index (χ2v) is 5.93. The summed E-state index contributed by atoms with van der Waals surface area (Å²) in [7, 11) is 0. The lowest BCUT2D eigenvalue weighted by atomic mass is 10.0. The van der Waals surface area contributed by atoms with Gasteiger partial charge in [-0.05, 0) is 32.7 Å². The van der Waals surface area contributed by atoms with E-state index in [4.69, 9.17) is 4.74 Å². The van der Waals surface area contributed by atoms with E-state index in [1.54, 1.807) is 13.8 Å². The molecule has 0 radical (unpaired) electrons. The maximum absolute atomic E-state index is 11.8. The first-order valence-electron chi connectivity index (χ1n) is 8.27. The van der Waals surface area contributed by atoms with Gasteiger partial charge in [0.1, 0.15) is 12.7 Å². The summed E-state index contributed by atoms with van der Waals surface area (Å²) >= 11 is 0. The lowest BCUT2D eigenvalue weighted by molar-refractivity contribution is -0.154. The van der Waals surface area contributed by atoms with Gasteiger partial charge in [-0.3, -0.25) is 4.79 Å². The summed E-state index contributed by atoms with van der Waals surface area (Å²) in [5.74, 6) is -0.659. The van der Waals surface area contributed by atoms with Crippen molar-refractivity contribution in [2.75, 3.05) is 13.2 Å². The molecule has 0 bridgehead atoms. The molecule has 0 fully saturated rings. The van der Waals surface area contributed by atoms with Crippen LogP contribution in [-0.2, 0) is 9.53 Å². The van der Waals surface area contributed by atoms with Crippen molar-refractivity contribution < 1.29 is 24.9 Å². The first-order chi connectivity index (χ1) is 10.3. The lowest BCUT2D eigenvalue weighted by Gasteiger charge is -2.24. The van der Waals surface area contributed by atoms with Crippen LogP contribution in [0.25, 0.3) is 0 Å². The summed E-state index contributed by atoms with van der Waals surface area (Å²) in [6.07, 6.45) is 0.390. The Morgan fingerprint density at radius 2 is 1.77 bits per heavy atom. The summed E-state index contributed by atoms with van der Waals surface area (Å²) in [4.78, 5) is 11.8. The Morgan fingerprint density at radius 3 is 2.32 bits per heavy atom. The second kappa shape index (κ2) is 11.8. The van der Waals surface area contributed by atoms with Crippen molar-refractivity contribution in [1.82, 2.24) is 5.32 Å². The Labute approximate surface area is 133 Å². The van der Waals surface area contributed by atoms with Crippen LogP contribution in [0.15, 0.2) is 0 Å². The molecule has 0 aliphatic rings. The summed E-state index contributed by atoms with van der Waals surface area (Å²) in [6.45, 7) is 7.84. The van der Waals surface area contributed by atoms with Gasteiger partial charge >= 0.3 is 5.97 Å². The molecule has 5 atom stereocenters. The fraction of sp³-hybridized carbons (Fsp3) is 0.938. The number of carbonyl (C=O) groups excluding carboxylic acids is 1. The molecule has 0 rings (SSSR count). The zero-order valence-corrected chi connectivity index (χ0v) is 14.3. The van der Waals surface area contributed by atoms with Crippen LogP contribution in [0.5, 0.6) is 0 Å². The molecule has 0 aromatic carbocycles. The molecule has 0 amide bonds. The van der Waals surface area contributed by atoms with Gasteiger partial charge in [-0.25, -0.2) is 0 Å². The number of likely N-dealkylation sites (N-methyl/N-ethyl adjacent to an activating group) is 1. The lowest BCUT2D eigenvalue weighted by Crippen LogP contribution is -2.46. The van der Waals surface area contributed by atoms with Gasteiger partial charge in [0.2, 0.25) is 0 Å². The summed E-state index contributed by atoms with van der Waals surface area (Å²) in [6, 6.07) is -0.272. The highest BCUT2D eigenvalue weighted by atomic mass is 16.5. The maximum Gasteiger partial charge on any atom is 0.308 e. The molecule has 0 aliphatic heterocycles. The number of hydrogen-bond donors (Lipinski definition) is 4. The quantitative estimate of drug-likeness (QED) is 0.398. The van der Waals surface area contributed by atoms with E-state index < -0.39 is 12.2 Å². The summed E-state index contributed by atoms with van der Waals surface area (Å²) in [5.41, 5.74) is 0. The molecule has 1 unspecified atom stereocenters. The van der Waals surface area contributed by atoms with Crippen molar-refractivity contribution in [1.29, 1.82) is 0 Å². The molecule has 132 valence electrons. The van der Waals surface area contributed by atoms with E-state index >= 15 is 0 Å². The molecule has 0 saturated carbocycles. The number of nitrogens with one attached hydrogen (secondary N) is 1. The van der Waals surface area contributed by atoms with Crippen molar-refractivity contribution in [2.45, 2.75) is 77.7 Å². The Hall–Kier alpha value is -0.690. The monoisotopic (exact) mass is 319 g/mol. The van der Waals surface area contributed by atoms with Crippen LogP contribution in [-0.4, -0.2) is 58.8 Å². The summed E-state index contributed by atoms with van der Waals surface area (Å²) in [5, 5.41) is 32.2. The molecular formula is C16H33NO5. The van der Waals surface area contributed by atoms with Gasteiger partial charge in [0.25, 0.3) is 0 Å². The molecule has 0 spiro atoms. The van der Waals surface area contributed by atoms with E-state index in [2.05, 4.69) is 5.32 Å². The van der Waals surface area contributed by atoms with Gasteiger partial charge in [-0.1, -0.05) is 27.2 Å². The number of rotatable bonds is 12. The van der Waals surface area contributed by atoms with Crippen LogP contribution in [0.1, 0.15) is 53.4 Å². The smallest absolute Gasteiger partial charge is 0.308 e. The molecule has 0 aromatic rings. The van der Waals surface area contributed by atoms with Crippen molar-refractivity contribution in [3.63, 3.8) is 0 Å². The van der Waals surface area contributed by atoms with Gasteiger partial charge in [-0.15, -0.1) is 0 Å². The Balaban J connectivity index is 4.00. The third-order valence-corrected chi connectivity index (χ3v) is 3.88. The van der Waals surface area contributed by atoms with Crippen LogP contribution < -0.4 is 5.32 Å². The minimum absolute atomic E-state index is 0.211. The average molecular weight is 319 g/mol. The van der Waals surface area contributed by atoms with Crippen LogP contribution in [0.2, 0.25) is 0 Å². The van der Waals surface area contributed by atoms with E-state index in [9.17, 15) is 20.1 Å². The van der Waals surface area contributed by atoms with E-state index in [-0.39, 0.29) is 30.6 Å². The number of hydrogen-bond acceptors (Lipinski definition) is 6. The highest BCUT2D eigenvalue weighted by molar-refractivity contribution is 5.71. The second-order valence-electron chi connectivity index (χ2n) is 5.93. The van der Waals surface area contributed by atoms with E-state index in [0.717, 1.165) is 6.42 Å². The highest BCUT2D eigenvalue weighted by Crippen LogP contribution is 2.13. The molecule has 0 heterocycles. The van der Waals surface area contributed by atoms with Crippen LogP contribution >= 0.6 is 0 Å². The fourth-order valence-electron chi connectivity index (χ4n) is 2.17. The van der Waals surface area contributed by atoms with Gasteiger partial charge in [-0.2, -0.15) is 0 Å². The highest BCUT2D eigenvalue weighted by Gasteiger charge is 2.24. The predicted octanol–water partition coefficient (Wildman–Crippen LogP) is 0.827. The van der Waals surface area contributed by atoms with Gasteiger partial charge in [0.05, 0.1) is 18.1 Å². The van der Waals surface area contributed by atoms with Crippen molar-refractivity contribution in [3.8, 4) is 0 Å². The molecule has 0 saturated heterocycles. The molecule has 6 nitrogen and oxygen atoms in total. The number of aliphatic hydroxyl groups is 3. The number of aliphatic hydroxyl groups excluding tert-OH is 3. The third-order valence-electron chi connectivity index (χ3n) is 3.88.